The number of aromatic nitrogens is 7. The fraction of sp³-hybridized carbons (Fsp3) is 0.278. The molecule has 2 aliphatic rings. The van der Waals surface area contributed by atoms with Crippen LogP contribution in [0.5, 0.6) is 0 Å². The number of benzene rings is 1. The Labute approximate surface area is 148 Å². The molecule has 0 radical (unpaired) electrons. The van der Waals surface area contributed by atoms with E-state index in [4.69, 9.17) is 4.52 Å². The first-order valence-electron chi connectivity index (χ1n) is 8.67. The molecular weight excluding hydrogens is 330 g/mol. The van der Waals surface area contributed by atoms with Crippen LogP contribution in [0.25, 0.3) is 28.7 Å². The lowest BCUT2D eigenvalue weighted by atomic mass is 10.1. The highest BCUT2D eigenvalue weighted by Gasteiger charge is 2.31. The molecule has 0 bridgehead atoms. The van der Waals surface area contributed by atoms with Crippen molar-refractivity contribution in [2.75, 3.05) is 0 Å². The largest absolute Gasteiger partial charge is 0.332 e. The van der Waals surface area contributed by atoms with Crippen LogP contribution in [0, 0.1) is 6.92 Å². The molecular formula is C18H15N7O. The van der Waals surface area contributed by atoms with Crippen molar-refractivity contribution in [1.29, 1.82) is 0 Å². The van der Waals surface area contributed by atoms with Crippen molar-refractivity contribution in [3.8, 4) is 28.7 Å². The van der Waals surface area contributed by atoms with Crippen LogP contribution in [0.3, 0.4) is 0 Å². The van der Waals surface area contributed by atoms with Gasteiger partial charge in [-0.15, -0.1) is 10.2 Å². The van der Waals surface area contributed by atoms with Gasteiger partial charge in [0.25, 0.3) is 5.89 Å². The predicted octanol–water partition coefficient (Wildman–Crippen LogP) is 2.73. The van der Waals surface area contributed by atoms with E-state index < -0.39 is 0 Å². The molecule has 0 saturated heterocycles. The maximum absolute atomic E-state index is 5.52. The van der Waals surface area contributed by atoms with E-state index >= 15 is 0 Å². The molecule has 1 aromatic carbocycles. The van der Waals surface area contributed by atoms with Gasteiger partial charge in [-0.3, -0.25) is 4.57 Å². The van der Waals surface area contributed by atoms with Crippen LogP contribution in [-0.4, -0.2) is 34.5 Å². The highest BCUT2D eigenvalue weighted by Crippen LogP contribution is 2.39. The number of nitrogens with zero attached hydrogens (tertiary/aromatic N) is 7. The summed E-state index contributed by atoms with van der Waals surface area (Å²) in [5.41, 5.74) is 4.94. The number of hydrogen-bond donors (Lipinski definition) is 0. The van der Waals surface area contributed by atoms with Gasteiger partial charge in [0, 0.05) is 11.5 Å². The molecule has 1 aliphatic heterocycles. The third-order valence-corrected chi connectivity index (χ3v) is 5.04. The summed E-state index contributed by atoms with van der Waals surface area (Å²) < 4.78 is 9.63. The molecule has 0 spiro atoms. The van der Waals surface area contributed by atoms with Crippen molar-refractivity contribution in [1.82, 2.24) is 34.5 Å². The van der Waals surface area contributed by atoms with E-state index in [1.54, 1.807) is 6.33 Å². The predicted molar refractivity (Wildman–Crippen MR) is 91.7 cm³/mol. The molecule has 1 fully saturated rings. The second kappa shape index (κ2) is 4.87. The van der Waals surface area contributed by atoms with Crippen LogP contribution < -0.4 is 0 Å². The van der Waals surface area contributed by atoms with Gasteiger partial charge in [0.15, 0.2) is 17.3 Å². The van der Waals surface area contributed by atoms with Crippen LogP contribution in [0.2, 0.25) is 0 Å². The van der Waals surface area contributed by atoms with Gasteiger partial charge in [0.05, 0.1) is 17.9 Å². The average Bonchev–Trinajstić information content (AvgIpc) is 3.06. The Kier molecular flexibility index (Phi) is 2.61. The Balaban J connectivity index is 1.57. The molecule has 6 rings (SSSR count). The van der Waals surface area contributed by atoms with E-state index in [9.17, 15) is 0 Å². The molecule has 8 heteroatoms. The third kappa shape index (κ3) is 1.92. The Morgan fingerprint density at radius 3 is 3.00 bits per heavy atom. The van der Waals surface area contributed by atoms with E-state index in [1.165, 1.54) is 5.56 Å². The van der Waals surface area contributed by atoms with E-state index in [2.05, 4.69) is 55.0 Å². The summed E-state index contributed by atoms with van der Waals surface area (Å²) in [4.78, 5) is 9.17. The Bertz CT molecular complexity index is 1150. The molecule has 128 valence electrons. The molecule has 4 heterocycles. The Morgan fingerprint density at radius 1 is 1.19 bits per heavy atom. The van der Waals surface area contributed by atoms with Gasteiger partial charge in [-0.2, -0.15) is 4.98 Å². The zero-order valence-electron chi connectivity index (χ0n) is 14.1. The van der Waals surface area contributed by atoms with Crippen molar-refractivity contribution in [2.24, 2.45) is 0 Å². The molecule has 0 unspecified atom stereocenters. The van der Waals surface area contributed by atoms with E-state index in [-0.39, 0.29) is 0 Å². The Morgan fingerprint density at radius 2 is 2.12 bits per heavy atom. The highest BCUT2D eigenvalue weighted by atomic mass is 16.5. The van der Waals surface area contributed by atoms with Gasteiger partial charge in [0.2, 0.25) is 0 Å². The normalized spacial score (nSPS) is 15.3. The molecule has 4 aromatic rings. The smallest absolute Gasteiger partial charge is 0.278 e. The molecule has 3 aromatic heterocycles. The SMILES string of the molecule is Cc1ccc2c(c1)-c1nncn1Cc1c(-c3nc(C4CC4)no3)ncn1-2. The minimum absolute atomic E-state index is 0.446. The van der Waals surface area contributed by atoms with E-state index in [0.29, 0.717) is 18.4 Å². The average molecular weight is 345 g/mol. The lowest BCUT2D eigenvalue weighted by Crippen LogP contribution is -2.03. The minimum Gasteiger partial charge on any atom is -0.332 e. The van der Waals surface area contributed by atoms with Crippen LogP contribution >= 0.6 is 0 Å². The first-order chi connectivity index (χ1) is 12.8. The highest BCUT2D eigenvalue weighted by molar-refractivity contribution is 5.71. The second-order valence-corrected chi connectivity index (χ2v) is 6.94. The second-order valence-electron chi connectivity index (χ2n) is 6.94. The van der Waals surface area contributed by atoms with Gasteiger partial charge in [-0.1, -0.05) is 16.8 Å². The van der Waals surface area contributed by atoms with E-state index in [0.717, 1.165) is 47.1 Å². The lowest BCUT2D eigenvalue weighted by Gasteiger charge is -2.09. The monoisotopic (exact) mass is 345 g/mol. The molecule has 1 saturated carbocycles. The van der Waals surface area contributed by atoms with Crippen molar-refractivity contribution < 1.29 is 4.52 Å². The topological polar surface area (TPSA) is 87.4 Å². The molecule has 1 aliphatic carbocycles. The summed E-state index contributed by atoms with van der Waals surface area (Å²) in [6.45, 7) is 2.66. The van der Waals surface area contributed by atoms with Crippen LogP contribution in [0.4, 0.5) is 0 Å². The Hall–Kier alpha value is -3.29. The van der Waals surface area contributed by atoms with Crippen LogP contribution in [0.1, 0.15) is 35.8 Å². The van der Waals surface area contributed by atoms with Gasteiger partial charge >= 0.3 is 0 Å². The summed E-state index contributed by atoms with van der Waals surface area (Å²) in [6.07, 6.45) is 5.84. The number of aryl methyl sites for hydroxylation is 1. The first-order valence-corrected chi connectivity index (χ1v) is 8.67. The zero-order valence-corrected chi connectivity index (χ0v) is 14.1. The van der Waals surface area contributed by atoms with Gasteiger partial charge in [-0.05, 0) is 31.9 Å². The zero-order chi connectivity index (χ0) is 17.3. The van der Waals surface area contributed by atoms with Gasteiger partial charge < -0.3 is 9.09 Å². The number of imidazole rings is 1. The summed E-state index contributed by atoms with van der Waals surface area (Å²) in [6, 6.07) is 6.31. The van der Waals surface area contributed by atoms with Crippen molar-refractivity contribution in [3.63, 3.8) is 0 Å². The molecule has 0 amide bonds. The van der Waals surface area contributed by atoms with Crippen molar-refractivity contribution in [3.05, 3.63) is 47.9 Å². The fourth-order valence-electron chi connectivity index (χ4n) is 3.53. The maximum Gasteiger partial charge on any atom is 0.278 e. The number of hydrogen-bond acceptors (Lipinski definition) is 6. The molecule has 26 heavy (non-hydrogen) atoms. The quantitative estimate of drug-likeness (QED) is 0.489. The summed E-state index contributed by atoms with van der Waals surface area (Å²) >= 11 is 0. The molecule has 0 N–H and O–H groups in total. The summed E-state index contributed by atoms with van der Waals surface area (Å²) in [5.74, 6) is 2.56. The van der Waals surface area contributed by atoms with Gasteiger partial charge in [0.1, 0.15) is 12.7 Å². The van der Waals surface area contributed by atoms with Crippen LogP contribution in [-0.2, 0) is 6.54 Å². The van der Waals surface area contributed by atoms with Crippen LogP contribution in [0.15, 0.2) is 35.4 Å². The number of fused-ring (bicyclic) bond motifs is 5. The van der Waals surface area contributed by atoms with E-state index in [1.807, 2.05) is 10.9 Å². The summed E-state index contributed by atoms with van der Waals surface area (Å²) in [5, 5.41) is 12.6. The standard InChI is InChI=1S/C18H15N7O/c1-10-2-5-13-12(6-10)17-22-20-9-24(17)7-14-15(19-8-25(13)14)18-21-16(23-26-18)11-3-4-11/h2,5-6,8-9,11H,3-4,7H2,1H3. The van der Waals surface area contributed by atoms with Crippen molar-refractivity contribution in [2.45, 2.75) is 32.2 Å². The lowest BCUT2D eigenvalue weighted by molar-refractivity contribution is 0.421. The fourth-order valence-corrected chi connectivity index (χ4v) is 3.53. The minimum atomic E-state index is 0.446. The van der Waals surface area contributed by atoms with Crippen molar-refractivity contribution >= 4 is 0 Å². The summed E-state index contributed by atoms with van der Waals surface area (Å²) in [7, 11) is 0. The number of rotatable bonds is 2. The van der Waals surface area contributed by atoms with Gasteiger partial charge in [-0.25, -0.2) is 4.98 Å². The third-order valence-electron chi connectivity index (χ3n) is 5.04. The first kappa shape index (κ1) is 13.9. The molecule has 8 nitrogen and oxygen atoms in total. The molecule has 0 atom stereocenters. The maximum atomic E-state index is 5.52.